The van der Waals surface area contributed by atoms with Crippen molar-refractivity contribution in [1.82, 2.24) is 18.3 Å². The molecule has 20 aromatic rings. The molecule has 0 aliphatic rings. The van der Waals surface area contributed by atoms with Crippen molar-refractivity contribution >= 4 is 151 Å². The number of benzene rings is 16. The van der Waals surface area contributed by atoms with Crippen LogP contribution in [0.4, 0.5) is 0 Å². The van der Waals surface area contributed by atoms with Crippen LogP contribution in [0.15, 0.2) is 413 Å². The molecule has 6 heteroatoms. The molecule has 102 heavy (non-hydrogen) atoms. The average molecular weight is 1470 g/mol. The van der Waals surface area contributed by atoms with Gasteiger partial charge in [0, 0.05) is 0 Å². The zero-order valence-corrected chi connectivity index (χ0v) is 61.0. The SMILES string of the molecule is c1cc[c]([Ge]([c]2ccccc2)([c]2ccccc2)[c]2cccc(-n3c4ccccc4c4cc(-n5c6ccccc6c6ccccc65)ccc43)c2)cc1.c1cc[c]([Sn]([c]2ccccc2)([c]2ccccc2)[c]2cccc(-n3c4ccccc4c4cc(-n5c6ccccc6c6ccccc65)ccc43)c2)cc1. The number of aromatic nitrogens is 4. The van der Waals surface area contributed by atoms with Gasteiger partial charge >= 0.3 is 580 Å². The first-order valence-corrected chi connectivity index (χ1v) is 45.1. The molecule has 16 aromatic carbocycles. The predicted octanol–water partition coefficient (Wildman–Crippen LogP) is 18.5. The number of fused-ring (bicyclic) bond motifs is 12. The van der Waals surface area contributed by atoms with Gasteiger partial charge in [-0.1, -0.05) is 24.3 Å². The molecule has 0 spiro atoms. The molecule has 0 saturated carbocycles. The number of para-hydroxylation sites is 6. The van der Waals surface area contributed by atoms with E-state index >= 15 is 0 Å². The molecule has 0 atom stereocenters. The molecule has 0 aliphatic heterocycles. The Labute approximate surface area is 599 Å². The van der Waals surface area contributed by atoms with E-state index in [1.807, 2.05) is 0 Å². The van der Waals surface area contributed by atoms with E-state index in [4.69, 9.17) is 0 Å². The van der Waals surface area contributed by atoms with Gasteiger partial charge < -0.3 is 0 Å². The fourth-order valence-corrected chi connectivity index (χ4v) is 40.8. The van der Waals surface area contributed by atoms with Crippen LogP contribution in [0.1, 0.15) is 0 Å². The molecule has 480 valence electrons. The number of rotatable bonds is 12. The summed E-state index contributed by atoms with van der Waals surface area (Å²) in [6, 6.07) is 153. The average Bonchev–Trinajstić information content (AvgIpc) is 0.771. The van der Waals surface area contributed by atoms with Crippen molar-refractivity contribution in [3.63, 3.8) is 0 Å². The molecule has 0 radical (unpaired) electrons. The Hall–Kier alpha value is -11.9. The van der Waals surface area contributed by atoms with Crippen LogP contribution in [0.3, 0.4) is 0 Å². The molecular weight excluding hydrogens is 1400 g/mol. The van der Waals surface area contributed by atoms with Crippen molar-refractivity contribution in [2.45, 2.75) is 0 Å². The van der Waals surface area contributed by atoms with E-state index in [9.17, 15) is 0 Å². The minimum atomic E-state index is -3.80. The van der Waals surface area contributed by atoms with E-state index < -0.39 is 31.6 Å². The van der Waals surface area contributed by atoms with Gasteiger partial charge in [0.05, 0.1) is 0 Å². The van der Waals surface area contributed by atoms with Crippen LogP contribution in [-0.4, -0.2) is 49.9 Å². The molecule has 0 saturated heterocycles. The summed E-state index contributed by atoms with van der Waals surface area (Å²) in [5, 5.41) is 10.1. The Morgan fingerprint density at radius 2 is 0.392 bits per heavy atom. The summed E-state index contributed by atoms with van der Waals surface area (Å²) in [7, 11) is 0. The van der Waals surface area contributed by atoms with E-state index in [1.54, 1.807) is 0 Å². The Kier molecular flexibility index (Phi) is 15.4. The Morgan fingerprint density at radius 3 is 0.725 bits per heavy atom. The summed E-state index contributed by atoms with van der Waals surface area (Å²) < 4.78 is 21.2. The maximum atomic E-state index is 2.50. The summed E-state index contributed by atoms with van der Waals surface area (Å²) in [5.74, 6) is 0. The topological polar surface area (TPSA) is 19.7 Å². The van der Waals surface area contributed by atoms with Crippen LogP contribution in [0.5, 0.6) is 0 Å². The van der Waals surface area contributed by atoms with E-state index in [0.29, 0.717) is 0 Å². The molecule has 0 N–H and O–H groups in total. The van der Waals surface area contributed by atoms with Gasteiger partial charge in [0.1, 0.15) is 0 Å². The van der Waals surface area contributed by atoms with Crippen LogP contribution in [0.25, 0.3) is 110 Å². The molecule has 20 rings (SSSR count). The first kappa shape index (κ1) is 61.2. The van der Waals surface area contributed by atoms with Crippen LogP contribution in [-0.2, 0) is 0 Å². The van der Waals surface area contributed by atoms with E-state index in [2.05, 4.69) is 431 Å². The molecule has 0 aliphatic carbocycles. The number of hydrogen-bond donors (Lipinski definition) is 0. The zero-order valence-electron chi connectivity index (χ0n) is 56.0. The van der Waals surface area contributed by atoms with Gasteiger partial charge in [0.2, 0.25) is 0 Å². The molecule has 0 bridgehead atoms. The van der Waals surface area contributed by atoms with Crippen LogP contribution >= 0.6 is 0 Å². The van der Waals surface area contributed by atoms with Crippen molar-refractivity contribution < 1.29 is 0 Å². The minimum absolute atomic E-state index is 1.17. The number of nitrogens with zero attached hydrogens (tertiary/aromatic N) is 4. The van der Waals surface area contributed by atoms with E-state index in [0.717, 1.165) is 0 Å². The maximum absolute atomic E-state index is 3.80. The second-order valence-corrected chi connectivity index (χ2v) is 45.5. The molecule has 4 nitrogen and oxygen atoms in total. The third-order valence-corrected chi connectivity index (χ3v) is 45.0. The summed E-state index contributed by atoms with van der Waals surface area (Å²) in [4.78, 5) is 0. The van der Waals surface area contributed by atoms with Gasteiger partial charge in [-0.2, -0.15) is 0 Å². The van der Waals surface area contributed by atoms with Crippen molar-refractivity contribution in [2.24, 2.45) is 0 Å². The molecule has 4 aromatic heterocycles. The fourth-order valence-electron chi connectivity index (χ4n) is 17.0. The van der Waals surface area contributed by atoms with E-state index in [-0.39, 0.29) is 0 Å². The Balaban J connectivity index is 0.000000141. The predicted molar refractivity (Wildman–Crippen MR) is 437 cm³/mol. The second-order valence-electron chi connectivity index (χ2n) is 26.6. The van der Waals surface area contributed by atoms with Crippen LogP contribution in [0.2, 0.25) is 0 Å². The van der Waals surface area contributed by atoms with Gasteiger partial charge in [0.15, 0.2) is 0 Å². The van der Waals surface area contributed by atoms with Gasteiger partial charge in [-0.3, -0.25) is 0 Å². The van der Waals surface area contributed by atoms with Crippen LogP contribution in [0, 0.1) is 0 Å². The summed E-state index contributed by atoms with van der Waals surface area (Å²) in [5.41, 5.74) is 14.4. The molecule has 0 fully saturated rings. The normalized spacial score (nSPS) is 11.9. The van der Waals surface area contributed by atoms with Crippen molar-refractivity contribution in [2.75, 3.05) is 0 Å². The summed E-state index contributed by atoms with van der Waals surface area (Å²) >= 11 is -7.25. The Morgan fingerprint density at radius 1 is 0.157 bits per heavy atom. The van der Waals surface area contributed by atoms with Crippen molar-refractivity contribution in [1.29, 1.82) is 0 Å². The van der Waals surface area contributed by atoms with Gasteiger partial charge in [-0.05, 0) is 0 Å². The first-order chi connectivity index (χ1) is 50.6. The molecule has 0 unspecified atom stereocenters. The molecule has 4 heterocycles. The standard InChI is InChI=1S/C48H34GeN2.C30H19N2.3C6H5.Sn/c1-4-17-35(18-5-1)49(36-19-6-2-7-20-36,37-21-8-3-9-22-37)38-23-16-24-39(33-38)50-47-30-15-12-27-43(47)44-34-40(31-32-48(44)50)51-45-28-13-10-25-41(45)42-26-11-14-29-46(42)51;1-2-10-21(11-3-1)31-29-17-9-6-14-25(29)26-20-22(18-19-30(26)31)32-27-15-7-4-12-23(27)24-13-5-8-16-28(24)32;3*1-2-4-6-5-3-1;/h1-34H;1-2,4-20H;3*1-5H;. The molecular formula is C96H68GeN4Sn. The number of hydrogen-bond acceptors (Lipinski definition) is 0. The van der Waals surface area contributed by atoms with E-state index in [1.165, 1.54) is 142 Å². The van der Waals surface area contributed by atoms with Gasteiger partial charge in [-0.15, -0.1) is 0 Å². The summed E-state index contributed by atoms with van der Waals surface area (Å²) in [6.07, 6.45) is 0. The monoisotopic (exact) mass is 1470 g/mol. The summed E-state index contributed by atoms with van der Waals surface area (Å²) in [6.45, 7) is 0. The van der Waals surface area contributed by atoms with Crippen molar-refractivity contribution in [3.05, 3.63) is 413 Å². The van der Waals surface area contributed by atoms with Gasteiger partial charge in [0.25, 0.3) is 0 Å². The van der Waals surface area contributed by atoms with Gasteiger partial charge in [-0.25, -0.2) is 0 Å². The Bertz CT molecular complexity index is 5800. The third kappa shape index (κ3) is 9.87. The zero-order chi connectivity index (χ0) is 67.6. The molecule has 0 amide bonds. The van der Waals surface area contributed by atoms with Crippen LogP contribution < -0.4 is 31.9 Å². The third-order valence-electron chi connectivity index (χ3n) is 21.3. The second kappa shape index (κ2) is 25.7. The fraction of sp³-hybridized carbons (Fsp3) is 0. The van der Waals surface area contributed by atoms with Crippen molar-refractivity contribution in [3.8, 4) is 22.7 Å². The first-order valence-electron chi connectivity index (χ1n) is 35.2. The quantitative estimate of drug-likeness (QED) is 0.109.